The summed E-state index contributed by atoms with van der Waals surface area (Å²) in [6, 6.07) is 0.179. The summed E-state index contributed by atoms with van der Waals surface area (Å²) in [7, 11) is 0. The van der Waals surface area contributed by atoms with Crippen molar-refractivity contribution in [2.24, 2.45) is 0 Å². The van der Waals surface area contributed by atoms with Crippen LogP contribution in [0.1, 0.15) is 46.5 Å². The second-order valence-electron chi connectivity index (χ2n) is 5.99. The first-order valence-electron chi connectivity index (χ1n) is 6.56. The van der Waals surface area contributed by atoms with Crippen molar-refractivity contribution in [1.82, 2.24) is 5.32 Å². The zero-order valence-electron chi connectivity index (χ0n) is 11.0. The molecular formula is C13H23NO3. The van der Waals surface area contributed by atoms with Gasteiger partial charge in [0.1, 0.15) is 11.6 Å². The van der Waals surface area contributed by atoms with Gasteiger partial charge >= 0.3 is 5.97 Å². The lowest BCUT2D eigenvalue weighted by Crippen LogP contribution is -2.43. The molecule has 2 aliphatic heterocycles. The van der Waals surface area contributed by atoms with E-state index in [0.717, 1.165) is 32.3 Å². The molecule has 0 bridgehead atoms. The molecule has 0 radical (unpaired) electrons. The fourth-order valence-electron chi connectivity index (χ4n) is 2.54. The van der Waals surface area contributed by atoms with Crippen LogP contribution in [0.15, 0.2) is 0 Å². The minimum Gasteiger partial charge on any atom is -0.459 e. The Kier molecular flexibility index (Phi) is 3.73. The molecule has 0 saturated carbocycles. The molecule has 0 spiro atoms. The molecule has 98 valence electrons. The monoisotopic (exact) mass is 241 g/mol. The number of esters is 1. The summed E-state index contributed by atoms with van der Waals surface area (Å²) < 4.78 is 11.0. The molecule has 0 aromatic heterocycles. The van der Waals surface area contributed by atoms with Gasteiger partial charge in [0.05, 0.1) is 6.10 Å². The highest BCUT2D eigenvalue weighted by atomic mass is 16.6. The van der Waals surface area contributed by atoms with Gasteiger partial charge in [0.2, 0.25) is 0 Å². The van der Waals surface area contributed by atoms with Crippen molar-refractivity contribution in [3.63, 3.8) is 0 Å². The maximum absolute atomic E-state index is 11.9. The van der Waals surface area contributed by atoms with Gasteiger partial charge in [-0.2, -0.15) is 0 Å². The molecule has 1 unspecified atom stereocenters. The Morgan fingerprint density at radius 1 is 1.29 bits per heavy atom. The zero-order chi connectivity index (χ0) is 12.5. The highest BCUT2D eigenvalue weighted by Crippen LogP contribution is 2.25. The molecule has 0 aliphatic carbocycles. The van der Waals surface area contributed by atoms with E-state index < -0.39 is 5.60 Å². The Bertz CT molecular complexity index is 279. The topological polar surface area (TPSA) is 47.6 Å². The van der Waals surface area contributed by atoms with E-state index in [4.69, 9.17) is 9.47 Å². The van der Waals surface area contributed by atoms with Gasteiger partial charge in [-0.15, -0.1) is 0 Å². The summed E-state index contributed by atoms with van der Waals surface area (Å²) in [5.41, 5.74) is -0.402. The molecule has 2 fully saturated rings. The normalized spacial score (nSPS) is 33.9. The van der Waals surface area contributed by atoms with Gasteiger partial charge < -0.3 is 9.47 Å². The van der Waals surface area contributed by atoms with E-state index in [0.29, 0.717) is 12.1 Å². The fraction of sp³-hybridized carbons (Fsp3) is 0.923. The maximum Gasteiger partial charge on any atom is 0.323 e. The fourth-order valence-corrected chi connectivity index (χ4v) is 2.54. The van der Waals surface area contributed by atoms with Crippen LogP contribution in [-0.4, -0.2) is 36.4 Å². The molecule has 0 aromatic rings. The Morgan fingerprint density at radius 2 is 2.06 bits per heavy atom. The summed E-state index contributed by atoms with van der Waals surface area (Å²) in [5, 5.41) is 3.36. The largest absolute Gasteiger partial charge is 0.459 e. The summed E-state index contributed by atoms with van der Waals surface area (Å²) >= 11 is 0. The van der Waals surface area contributed by atoms with Crippen molar-refractivity contribution in [3.8, 4) is 0 Å². The molecule has 2 rings (SSSR count). The van der Waals surface area contributed by atoms with Gasteiger partial charge in [-0.25, -0.2) is 0 Å². The Morgan fingerprint density at radius 3 is 2.65 bits per heavy atom. The minimum atomic E-state index is -0.402. The van der Waals surface area contributed by atoms with Crippen molar-refractivity contribution in [1.29, 1.82) is 0 Å². The van der Waals surface area contributed by atoms with E-state index >= 15 is 0 Å². The first-order chi connectivity index (χ1) is 7.96. The molecular weight excluding hydrogens is 218 g/mol. The number of carbonyl (C=O) groups is 1. The lowest BCUT2D eigenvalue weighted by molar-refractivity contribution is -0.157. The Hall–Kier alpha value is -0.610. The van der Waals surface area contributed by atoms with Crippen LogP contribution in [0.5, 0.6) is 0 Å². The van der Waals surface area contributed by atoms with E-state index in [1.807, 2.05) is 20.8 Å². The highest BCUT2D eigenvalue weighted by molar-refractivity contribution is 5.76. The van der Waals surface area contributed by atoms with Crippen LogP contribution in [0.25, 0.3) is 0 Å². The van der Waals surface area contributed by atoms with Crippen LogP contribution in [0.4, 0.5) is 0 Å². The standard InChI is InChI=1S/C13H23NO3/c1-13(2,3)17-12(15)10-7-6-9(14-10)11-5-4-8-16-11/h9-11,14H,4-8H2,1-3H3/t9-,10+,11?/m1/s1. The van der Waals surface area contributed by atoms with Crippen LogP contribution < -0.4 is 5.32 Å². The molecule has 2 aliphatic rings. The second-order valence-corrected chi connectivity index (χ2v) is 5.99. The van der Waals surface area contributed by atoms with E-state index in [1.165, 1.54) is 0 Å². The minimum absolute atomic E-state index is 0.127. The number of rotatable bonds is 2. The predicted molar refractivity (Wildman–Crippen MR) is 64.8 cm³/mol. The lowest BCUT2D eigenvalue weighted by atomic mass is 10.1. The quantitative estimate of drug-likeness (QED) is 0.746. The van der Waals surface area contributed by atoms with Gasteiger partial charge in [-0.3, -0.25) is 10.1 Å². The Balaban J connectivity index is 1.82. The summed E-state index contributed by atoms with van der Waals surface area (Å²) in [6.45, 7) is 6.56. The van der Waals surface area contributed by atoms with Crippen LogP contribution >= 0.6 is 0 Å². The van der Waals surface area contributed by atoms with E-state index in [9.17, 15) is 4.79 Å². The van der Waals surface area contributed by atoms with Gasteiger partial charge in [-0.05, 0) is 46.5 Å². The lowest BCUT2D eigenvalue weighted by Gasteiger charge is -2.23. The smallest absolute Gasteiger partial charge is 0.323 e. The van der Waals surface area contributed by atoms with Gasteiger partial charge in [0.25, 0.3) is 0 Å². The van der Waals surface area contributed by atoms with Crippen molar-refractivity contribution < 1.29 is 14.3 Å². The predicted octanol–water partition coefficient (Wildman–Crippen LogP) is 1.63. The summed E-state index contributed by atoms with van der Waals surface area (Å²) in [5.74, 6) is -0.127. The zero-order valence-corrected chi connectivity index (χ0v) is 11.0. The van der Waals surface area contributed by atoms with Crippen LogP contribution in [0.3, 0.4) is 0 Å². The van der Waals surface area contributed by atoms with Crippen LogP contribution in [-0.2, 0) is 14.3 Å². The molecule has 3 atom stereocenters. The number of ether oxygens (including phenoxy) is 2. The first-order valence-corrected chi connectivity index (χ1v) is 6.56. The molecule has 0 amide bonds. The molecule has 1 N–H and O–H groups in total. The van der Waals surface area contributed by atoms with Crippen molar-refractivity contribution >= 4 is 5.97 Å². The second kappa shape index (κ2) is 4.94. The SMILES string of the molecule is CC(C)(C)OC(=O)[C@@H]1CC[C@H](C2CCCO2)N1. The number of carbonyl (C=O) groups excluding carboxylic acids is 1. The number of hydrogen-bond donors (Lipinski definition) is 1. The van der Waals surface area contributed by atoms with Gasteiger partial charge in [0, 0.05) is 12.6 Å². The third kappa shape index (κ3) is 3.42. The average molecular weight is 241 g/mol. The third-order valence-electron chi connectivity index (χ3n) is 3.29. The van der Waals surface area contributed by atoms with Gasteiger partial charge in [-0.1, -0.05) is 0 Å². The first kappa shape index (κ1) is 12.8. The number of hydrogen-bond acceptors (Lipinski definition) is 4. The van der Waals surface area contributed by atoms with E-state index in [-0.39, 0.29) is 12.0 Å². The van der Waals surface area contributed by atoms with E-state index in [2.05, 4.69) is 5.32 Å². The number of nitrogens with one attached hydrogen (secondary N) is 1. The summed E-state index contributed by atoms with van der Waals surface area (Å²) in [4.78, 5) is 11.9. The van der Waals surface area contributed by atoms with Crippen molar-refractivity contribution in [2.75, 3.05) is 6.61 Å². The molecule has 17 heavy (non-hydrogen) atoms. The molecule has 4 nitrogen and oxygen atoms in total. The van der Waals surface area contributed by atoms with E-state index in [1.54, 1.807) is 0 Å². The maximum atomic E-state index is 11.9. The third-order valence-corrected chi connectivity index (χ3v) is 3.29. The summed E-state index contributed by atoms with van der Waals surface area (Å²) in [6.07, 6.45) is 4.41. The van der Waals surface area contributed by atoms with Crippen LogP contribution in [0, 0.1) is 0 Å². The average Bonchev–Trinajstić information content (AvgIpc) is 2.86. The van der Waals surface area contributed by atoms with Gasteiger partial charge in [0.15, 0.2) is 0 Å². The molecule has 4 heteroatoms. The van der Waals surface area contributed by atoms with Crippen molar-refractivity contribution in [3.05, 3.63) is 0 Å². The van der Waals surface area contributed by atoms with Crippen molar-refractivity contribution in [2.45, 2.75) is 70.2 Å². The van der Waals surface area contributed by atoms with Crippen LogP contribution in [0.2, 0.25) is 0 Å². The highest BCUT2D eigenvalue weighted by Gasteiger charge is 2.37. The Labute approximate surface area is 103 Å². The molecule has 2 heterocycles. The molecule has 0 aromatic carbocycles. The molecule has 2 saturated heterocycles.